The molecule has 4 rings (SSSR count). The molecule has 2 aromatic rings. The van der Waals surface area contributed by atoms with E-state index in [-0.39, 0.29) is 17.7 Å². The Bertz CT molecular complexity index is 952. The molecule has 0 aliphatic carbocycles. The predicted octanol–water partition coefficient (Wildman–Crippen LogP) is 1.99. The fraction of sp³-hybridized carbons (Fsp3) is 0.348. The number of anilines is 2. The van der Waals surface area contributed by atoms with Crippen molar-refractivity contribution < 1.29 is 14.4 Å². The Morgan fingerprint density at radius 1 is 0.933 bits per heavy atom. The summed E-state index contributed by atoms with van der Waals surface area (Å²) in [7, 11) is 0. The van der Waals surface area contributed by atoms with Crippen molar-refractivity contribution in [1.29, 1.82) is 0 Å². The molecule has 1 fully saturated rings. The third-order valence-corrected chi connectivity index (χ3v) is 5.69. The number of piperazine rings is 1. The van der Waals surface area contributed by atoms with Gasteiger partial charge in [-0.2, -0.15) is 0 Å². The van der Waals surface area contributed by atoms with Crippen molar-refractivity contribution in [3.05, 3.63) is 59.7 Å². The Morgan fingerprint density at radius 2 is 1.67 bits per heavy atom. The maximum Gasteiger partial charge on any atom is 0.253 e. The summed E-state index contributed by atoms with van der Waals surface area (Å²) in [6.07, 6.45) is 0.802. The zero-order valence-corrected chi connectivity index (χ0v) is 17.1. The summed E-state index contributed by atoms with van der Waals surface area (Å²) in [5, 5.41) is 2.96. The Hall–Kier alpha value is -3.19. The van der Waals surface area contributed by atoms with Gasteiger partial charge in [-0.05, 0) is 42.3 Å². The molecule has 7 nitrogen and oxygen atoms in total. The van der Waals surface area contributed by atoms with Gasteiger partial charge in [-0.3, -0.25) is 19.3 Å². The Balaban J connectivity index is 1.28. The second kappa shape index (κ2) is 8.67. The van der Waals surface area contributed by atoms with Crippen LogP contribution in [0.25, 0.3) is 0 Å². The average molecular weight is 406 g/mol. The zero-order valence-electron chi connectivity index (χ0n) is 17.1. The van der Waals surface area contributed by atoms with Crippen LogP contribution in [-0.2, 0) is 16.0 Å². The van der Waals surface area contributed by atoms with Crippen molar-refractivity contribution in [3.8, 4) is 0 Å². The molecule has 0 atom stereocenters. The molecule has 0 bridgehead atoms. The summed E-state index contributed by atoms with van der Waals surface area (Å²) in [6.45, 7) is 5.12. The maximum absolute atomic E-state index is 12.5. The van der Waals surface area contributed by atoms with Crippen molar-refractivity contribution in [3.63, 3.8) is 0 Å². The van der Waals surface area contributed by atoms with Crippen LogP contribution in [0.5, 0.6) is 0 Å². The molecular formula is C23H26N4O3. The van der Waals surface area contributed by atoms with E-state index >= 15 is 0 Å². The van der Waals surface area contributed by atoms with Crippen LogP contribution in [0.2, 0.25) is 0 Å². The van der Waals surface area contributed by atoms with Crippen LogP contribution in [0, 0.1) is 0 Å². The van der Waals surface area contributed by atoms with E-state index in [1.807, 2.05) is 53.4 Å². The largest absolute Gasteiger partial charge is 0.336 e. The quantitative estimate of drug-likeness (QED) is 0.843. The number of nitrogens with one attached hydrogen (secondary N) is 1. The van der Waals surface area contributed by atoms with Gasteiger partial charge in [-0.25, -0.2) is 0 Å². The minimum atomic E-state index is -0.0702. The van der Waals surface area contributed by atoms with Gasteiger partial charge in [-0.1, -0.05) is 18.2 Å². The molecule has 30 heavy (non-hydrogen) atoms. The molecule has 156 valence electrons. The van der Waals surface area contributed by atoms with E-state index in [1.54, 1.807) is 11.8 Å². The molecule has 3 amide bonds. The smallest absolute Gasteiger partial charge is 0.253 e. The SMILES string of the molecule is CC(=O)N1CCc2cc(NC(=O)CN3CCN(C(=O)c4ccccc4)CC3)ccc21. The Kier molecular flexibility index (Phi) is 5.81. The Morgan fingerprint density at radius 3 is 2.37 bits per heavy atom. The van der Waals surface area contributed by atoms with E-state index in [4.69, 9.17) is 0 Å². The first-order valence-corrected chi connectivity index (χ1v) is 10.3. The molecule has 2 aromatic carbocycles. The van der Waals surface area contributed by atoms with E-state index in [0.717, 1.165) is 23.4 Å². The van der Waals surface area contributed by atoms with E-state index in [9.17, 15) is 14.4 Å². The summed E-state index contributed by atoms with van der Waals surface area (Å²) in [5.41, 5.74) is 3.46. The lowest BCUT2D eigenvalue weighted by Gasteiger charge is -2.34. The van der Waals surface area contributed by atoms with Crippen LogP contribution in [0.1, 0.15) is 22.8 Å². The number of hydrogen-bond acceptors (Lipinski definition) is 4. The molecule has 2 aliphatic heterocycles. The van der Waals surface area contributed by atoms with Gasteiger partial charge >= 0.3 is 0 Å². The lowest BCUT2D eigenvalue weighted by Crippen LogP contribution is -2.50. The molecule has 2 aliphatic rings. The molecular weight excluding hydrogens is 380 g/mol. The molecule has 0 radical (unpaired) electrons. The molecule has 7 heteroatoms. The number of carbonyl (C=O) groups is 3. The second-order valence-corrected chi connectivity index (χ2v) is 7.75. The van der Waals surface area contributed by atoms with Crippen LogP contribution >= 0.6 is 0 Å². The summed E-state index contributed by atoms with van der Waals surface area (Å²) < 4.78 is 0. The number of rotatable bonds is 4. The van der Waals surface area contributed by atoms with Crippen molar-refractivity contribution in [2.45, 2.75) is 13.3 Å². The molecule has 1 N–H and O–H groups in total. The van der Waals surface area contributed by atoms with Gasteiger partial charge in [-0.15, -0.1) is 0 Å². The highest BCUT2D eigenvalue weighted by Crippen LogP contribution is 2.30. The summed E-state index contributed by atoms with van der Waals surface area (Å²) in [4.78, 5) is 42.4. The van der Waals surface area contributed by atoms with Crippen LogP contribution in [0.3, 0.4) is 0 Å². The first-order chi connectivity index (χ1) is 14.5. The standard InChI is InChI=1S/C23H26N4O3/c1-17(28)27-10-9-19-15-20(7-8-21(19)27)24-22(29)16-25-11-13-26(14-12-25)23(30)18-5-3-2-4-6-18/h2-8,15H,9-14,16H2,1H3,(H,24,29). The molecule has 0 saturated carbocycles. The van der Waals surface area contributed by atoms with Gasteiger partial charge in [0.25, 0.3) is 5.91 Å². The highest BCUT2D eigenvalue weighted by molar-refractivity contribution is 5.96. The second-order valence-electron chi connectivity index (χ2n) is 7.75. The fourth-order valence-corrected chi connectivity index (χ4v) is 4.08. The van der Waals surface area contributed by atoms with Gasteiger partial charge < -0.3 is 15.1 Å². The van der Waals surface area contributed by atoms with E-state index in [0.29, 0.717) is 44.8 Å². The van der Waals surface area contributed by atoms with Crippen molar-refractivity contribution in [2.24, 2.45) is 0 Å². The highest BCUT2D eigenvalue weighted by Gasteiger charge is 2.24. The predicted molar refractivity (Wildman–Crippen MR) is 116 cm³/mol. The van der Waals surface area contributed by atoms with Crippen molar-refractivity contribution >= 4 is 29.1 Å². The topological polar surface area (TPSA) is 73.0 Å². The number of carbonyl (C=O) groups excluding carboxylic acids is 3. The van der Waals surface area contributed by atoms with Gasteiger partial charge in [0.05, 0.1) is 6.54 Å². The number of nitrogens with zero attached hydrogens (tertiary/aromatic N) is 3. The number of amides is 3. The van der Waals surface area contributed by atoms with Crippen LogP contribution in [0.4, 0.5) is 11.4 Å². The number of benzene rings is 2. The van der Waals surface area contributed by atoms with Crippen LogP contribution in [0.15, 0.2) is 48.5 Å². The lowest BCUT2D eigenvalue weighted by molar-refractivity contribution is -0.118. The summed E-state index contributed by atoms with van der Waals surface area (Å²) >= 11 is 0. The monoisotopic (exact) mass is 406 g/mol. The molecule has 0 spiro atoms. The highest BCUT2D eigenvalue weighted by atomic mass is 16.2. The van der Waals surface area contributed by atoms with Gasteiger partial charge in [0.1, 0.15) is 0 Å². The van der Waals surface area contributed by atoms with Crippen molar-refractivity contribution in [2.75, 3.05) is 49.5 Å². The molecule has 0 aromatic heterocycles. The maximum atomic E-state index is 12.5. The van der Waals surface area contributed by atoms with Gasteiger partial charge in [0.15, 0.2) is 0 Å². The summed E-state index contributed by atoms with van der Waals surface area (Å²) in [5.74, 6) is 0.00655. The minimum Gasteiger partial charge on any atom is -0.336 e. The zero-order chi connectivity index (χ0) is 21.1. The van der Waals surface area contributed by atoms with E-state index in [2.05, 4.69) is 10.2 Å². The van der Waals surface area contributed by atoms with Crippen molar-refractivity contribution in [1.82, 2.24) is 9.80 Å². The molecule has 1 saturated heterocycles. The summed E-state index contributed by atoms with van der Waals surface area (Å²) in [6, 6.07) is 15.0. The third-order valence-electron chi connectivity index (χ3n) is 5.69. The van der Waals surface area contributed by atoms with E-state index in [1.165, 1.54) is 0 Å². The van der Waals surface area contributed by atoms with Crippen LogP contribution < -0.4 is 10.2 Å². The lowest BCUT2D eigenvalue weighted by atomic mass is 10.1. The fourth-order valence-electron chi connectivity index (χ4n) is 4.08. The molecule has 0 unspecified atom stereocenters. The average Bonchev–Trinajstić information content (AvgIpc) is 3.18. The van der Waals surface area contributed by atoms with Gasteiger partial charge in [0, 0.05) is 56.6 Å². The minimum absolute atomic E-state index is 0.0374. The first-order valence-electron chi connectivity index (χ1n) is 10.3. The number of fused-ring (bicyclic) bond motifs is 1. The first kappa shape index (κ1) is 20.1. The van der Waals surface area contributed by atoms with Gasteiger partial charge in [0.2, 0.25) is 11.8 Å². The Labute approximate surface area is 176 Å². The normalized spacial score (nSPS) is 16.3. The third kappa shape index (κ3) is 4.36. The van der Waals surface area contributed by atoms with Crippen LogP contribution in [-0.4, -0.2) is 66.8 Å². The number of hydrogen-bond donors (Lipinski definition) is 1. The molecule has 2 heterocycles. The van der Waals surface area contributed by atoms with E-state index < -0.39 is 0 Å².